The standard InChI is InChI=1S/C36H27N3O2S2/c40-35(24-9-2-1-3-10-24)25-16-19-27(20-17-25)39-32-14-6-4-11-28(32)29-23-26(18-21-33(29)39)30(38-41)13-8-22-42-36-37-31-12-5-7-15-34(31)43-36/h1-7,9-12,14-21,23,41H,8,13,22H2. The van der Waals surface area contributed by atoms with Gasteiger partial charge in [-0.3, -0.25) is 4.79 Å². The Morgan fingerprint density at radius 1 is 0.767 bits per heavy atom. The molecular formula is C36H27N3O2S2. The predicted molar refractivity (Wildman–Crippen MR) is 179 cm³/mol. The van der Waals surface area contributed by atoms with E-state index in [0.29, 0.717) is 23.3 Å². The number of fused-ring (bicyclic) bond motifs is 4. The number of benzene rings is 5. The van der Waals surface area contributed by atoms with Crippen LogP contribution in [0.4, 0.5) is 0 Å². The van der Waals surface area contributed by atoms with Gasteiger partial charge in [0, 0.05) is 38.9 Å². The molecule has 0 amide bonds. The third-order valence-corrected chi connectivity index (χ3v) is 9.87. The number of ketones is 1. The van der Waals surface area contributed by atoms with Crippen molar-refractivity contribution >= 4 is 66.6 Å². The minimum absolute atomic E-state index is 0.00770. The molecule has 0 unspecified atom stereocenters. The van der Waals surface area contributed by atoms with Crippen molar-refractivity contribution in [3.8, 4) is 5.69 Å². The van der Waals surface area contributed by atoms with Crippen LogP contribution in [0.25, 0.3) is 37.7 Å². The maximum atomic E-state index is 13.0. The summed E-state index contributed by atoms with van der Waals surface area (Å²) in [5.74, 6) is 0.900. The van der Waals surface area contributed by atoms with E-state index in [9.17, 15) is 10.0 Å². The van der Waals surface area contributed by atoms with E-state index in [1.165, 1.54) is 4.70 Å². The molecule has 7 rings (SSSR count). The lowest BCUT2D eigenvalue weighted by molar-refractivity contribution is 0.103. The van der Waals surface area contributed by atoms with Gasteiger partial charge in [0.2, 0.25) is 0 Å². The van der Waals surface area contributed by atoms with Gasteiger partial charge in [0.1, 0.15) is 0 Å². The highest BCUT2D eigenvalue weighted by Crippen LogP contribution is 2.34. The van der Waals surface area contributed by atoms with Gasteiger partial charge >= 0.3 is 0 Å². The lowest BCUT2D eigenvalue weighted by atomic mass is 10.0. The Morgan fingerprint density at radius 2 is 1.47 bits per heavy atom. The van der Waals surface area contributed by atoms with Crippen molar-refractivity contribution in [1.82, 2.24) is 9.55 Å². The van der Waals surface area contributed by atoms with Crippen LogP contribution in [0.2, 0.25) is 0 Å². The molecule has 0 saturated carbocycles. The van der Waals surface area contributed by atoms with Crippen LogP contribution in [-0.4, -0.2) is 32.0 Å². The van der Waals surface area contributed by atoms with E-state index in [0.717, 1.165) is 55.1 Å². The number of para-hydroxylation sites is 2. The van der Waals surface area contributed by atoms with E-state index >= 15 is 0 Å². The highest BCUT2D eigenvalue weighted by Gasteiger charge is 2.16. The Bertz CT molecular complexity index is 2080. The first-order chi connectivity index (χ1) is 21.2. The van der Waals surface area contributed by atoms with Gasteiger partial charge in [0.25, 0.3) is 0 Å². The quantitative estimate of drug-likeness (QED) is 0.0450. The molecule has 0 radical (unpaired) electrons. The van der Waals surface area contributed by atoms with Crippen LogP contribution < -0.4 is 0 Å². The fraction of sp³-hybridized carbons (Fsp3) is 0.0833. The molecular weight excluding hydrogens is 571 g/mol. The van der Waals surface area contributed by atoms with Gasteiger partial charge in [-0.2, -0.15) is 0 Å². The summed E-state index contributed by atoms with van der Waals surface area (Å²) in [6.45, 7) is 0. The van der Waals surface area contributed by atoms with Crippen molar-refractivity contribution in [2.75, 3.05) is 5.75 Å². The first kappa shape index (κ1) is 27.1. The molecule has 0 aliphatic carbocycles. The van der Waals surface area contributed by atoms with Gasteiger partial charge < -0.3 is 9.77 Å². The third-order valence-electron chi connectivity index (χ3n) is 7.61. The zero-order valence-corrected chi connectivity index (χ0v) is 24.8. The maximum Gasteiger partial charge on any atom is 0.193 e. The fourth-order valence-corrected chi connectivity index (χ4v) is 7.59. The van der Waals surface area contributed by atoms with Gasteiger partial charge in [0.15, 0.2) is 10.1 Å². The molecule has 1 N–H and O–H groups in total. The molecule has 2 heterocycles. The van der Waals surface area contributed by atoms with Crippen molar-refractivity contribution in [1.29, 1.82) is 0 Å². The van der Waals surface area contributed by atoms with E-state index in [2.05, 4.69) is 40.1 Å². The molecule has 2 aromatic heterocycles. The topological polar surface area (TPSA) is 67.5 Å². The number of thioether (sulfide) groups is 1. The molecule has 0 aliphatic heterocycles. The van der Waals surface area contributed by atoms with Crippen molar-refractivity contribution in [2.45, 2.75) is 17.2 Å². The van der Waals surface area contributed by atoms with Crippen LogP contribution in [0.5, 0.6) is 0 Å². The van der Waals surface area contributed by atoms with Crippen molar-refractivity contribution < 1.29 is 10.0 Å². The molecule has 7 heteroatoms. The van der Waals surface area contributed by atoms with Crippen LogP contribution in [0, 0.1) is 0 Å². The van der Waals surface area contributed by atoms with Gasteiger partial charge in [-0.15, -0.1) is 11.3 Å². The van der Waals surface area contributed by atoms with E-state index in [1.54, 1.807) is 23.1 Å². The van der Waals surface area contributed by atoms with Gasteiger partial charge in [-0.05, 0) is 67.4 Å². The molecule has 0 spiro atoms. The van der Waals surface area contributed by atoms with Crippen molar-refractivity contribution in [2.24, 2.45) is 5.16 Å². The number of rotatable bonds is 9. The Balaban J connectivity index is 1.13. The molecule has 0 bridgehead atoms. The second-order valence-corrected chi connectivity index (χ2v) is 12.6. The number of nitrogens with zero attached hydrogens (tertiary/aromatic N) is 3. The van der Waals surface area contributed by atoms with E-state index < -0.39 is 0 Å². The highest BCUT2D eigenvalue weighted by molar-refractivity contribution is 8.01. The monoisotopic (exact) mass is 597 g/mol. The number of hydrogen-bond acceptors (Lipinski definition) is 6. The van der Waals surface area contributed by atoms with Crippen molar-refractivity contribution in [3.63, 3.8) is 0 Å². The summed E-state index contributed by atoms with van der Waals surface area (Å²) in [7, 11) is 0. The summed E-state index contributed by atoms with van der Waals surface area (Å²) >= 11 is 3.46. The Hall–Kier alpha value is -4.72. The Labute approximate surface area is 257 Å². The number of oxime groups is 1. The first-order valence-corrected chi connectivity index (χ1v) is 15.9. The largest absolute Gasteiger partial charge is 0.411 e. The number of hydrogen-bond donors (Lipinski definition) is 1. The summed E-state index contributed by atoms with van der Waals surface area (Å²) in [6, 6.07) is 39.9. The van der Waals surface area contributed by atoms with E-state index in [1.807, 2.05) is 91.0 Å². The highest BCUT2D eigenvalue weighted by atomic mass is 32.2. The van der Waals surface area contributed by atoms with E-state index in [-0.39, 0.29) is 5.78 Å². The van der Waals surface area contributed by atoms with Crippen molar-refractivity contribution in [3.05, 3.63) is 138 Å². The summed E-state index contributed by atoms with van der Waals surface area (Å²) in [6.07, 6.45) is 1.53. The summed E-state index contributed by atoms with van der Waals surface area (Å²) in [4.78, 5) is 17.7. The van der Waals surface area contributed by atoms with Crippen LogP contribution in [0.3, 0.4) is 0 Å². The second-order valence-electron chi connectivity index (χ2n) is 10.3. The van der Waals surface area contributed by atoms with Crippen LogP contribution in [-0.2, 0) is 0 Å². The molecule has 0 atom stereocenters. The first-order valence-electron chi connectivity index (χ1n) is 14.1. The average Bonchev–Trinajstić information content (AvgIpc) is 3.63. The molecule has 5 nitrogen and oxygen atoms in total. The average molecular weight is 598 g/mol. The molecule has 7 aromatic rings. The normalized spacial score (nSPS) is 12.0. The Morgan fingerprint density at radius 3 is 2.28 bits per heavy atom. The Kier molecular flexibility index (Phi) is 7.49. The minimum Gasteiger partial charge on any atom is -0.411 e. The number of aromatic nitrogens is 2. The van der Waals surface area contributed by atoms with Crippen LogP contribution in [0.1, 0.15) is 34.3 Å². The summed E-state index contributed by atoms with van der Waals surface area (Å²) < 4.78 is 4.48. The zero-order chi connectivity index (χ0) is 29.2. The minimum atomic E-state index is 0.00770. The predicted octanol–water partition coefficient (Wildman–Crippen LogP) is 9.38. The lowest BCUT2D eigenvalue weighted by Crippen LogP contribution is -2.03. The fourth-order valence-electron chi connectivity index (χ4n) is 5.51. The summed E-state index contributed by atoms with van der Waals surface area (Å²) in [5.41, 5.74) is 7.06. The second kappa shape index (κ2) is 11.9. The maximum absolute atomic E-state index is 13.0. The van der Waals surface area contributed by atoms with Gasteiger partial charge in [-0.1, -0.05) is 83.6 Å². The smallest absolute Gasteiger partial charge is 0.193 e. The third kappa shape index (κ3) is 5.33. The zero-order valence-electron chi connectivity index (χ0n) is 23.2. The van der Waals surface area contributed by atoms with Crippen LogP contribution >= 0.6 is 23.1 Å². The molecule has 5 aromatic carbocycles. The molecule has 0 aliphatic rings. The molecule has 0 fully saturated rings. The molecule has 0 saturated heterocycles. The molecule has 43 heavy (non-hydrogen) atoms. The number of thiazole rings is 1. The van der Waals surface area contributed by atoms with E-state index in [4.69, 9.17) is 4.98 Å². The summed E-state index contributed by atoms with van der Waals surface area (Å²) in [5, 5.41) is 15.9. The number of carbonyl (C=O) groups is 1. The lowest BCUT2D eigenvalue weighted by Gasteiger charge is -2.10. The van der Waals surface area contributed by atoms with Gasteiger partial charge in [0.05, 0.1) is 27.0 Å². The van der Waals surface area contributed by atoms with Gasteiger partial charge in [-0.25, -0.2) is 4.98 Å². The molecule has 210 valence electrons. The SMILES string of the molecule is O=C(c1ccccc1)c1ccc(-n2c3ccccc3c3cc(C(CCCSc4nc5ccccc5s4)=NO)ccc32)cc1. The van der Waals surface area contributed by atoms with Crippen LogP contribution in [0.15, 0.2) is 131 Å². The number of carbonyl (C=O) groups excluding carboxylic acids is 1.